The van der Waals surface area contributed by atoms with Crippen LogP contribution in [0.1, 0.15) is 38.5 Å². The van der Waals surface area contributed by atoms with Crippen LogP contribution in [-0.4, -0.2) is 18.0 Å². The summed E-state index contributed by atoms with van der Waals surface area (Å²) in [6, 6.07) is 11.9. The molecule has 0 spiro atoms. The van der Waals surface area contributed by atoms with Gasteiger partial charge in [0.05, 0.1) is 12.6 Å². The van der Waals surface area contributed by atoms with E-state index in [1.54, 1.807) is 0 Å². The number of benzene rings is 1. The van der Waals surface area contributed by atoms with Gasteiger partial charge in [0.15, 0.2) is 0 Å². The third-order valence-corrected chi connectivity index (χ3v) is 3.78. The Bertz CT molecular complexity index is 470. The van der Waals surface area contributed by atoms with Crippen LogP contribution in [0, 0.1) is 11.3 Å². The van der Waals surface area contributed by atoms with Gasteiger partial charge in [0.25, 0.3) is 0 Å². The molecule has 106 valence electrons. The standard InChI is InChI=1S/C16H21N3O/c17-13-16(10-6-1-2-7-11-16)19-15(20)12-18-14-8-4-3-5-9-14/h3-5,8-9,18H,1-2,6-7,10-12H2,(H,19,20). The van der Waals surface area contributed by atoms with Gasteiger partial charge in [0.2, 0.25) is 5.91 Å². The molecule has 1 aromatic carbocycles. The average molecular weight is 271 g/mol. The molecule has 0 radical (unpaired) electrons. The zero-order valence-electron chi connectivity index (χ0n) is 11.7. The maximum absolute atomic E-state index is 12.0. The lowest BCUT2D eigenvalue weighted by Gasteiger charge is -2.26. The highest BCUT2D eigenvalue weighted by Crippen LogP contribution is 2.26. The molecule has 1 aliphatic carbocycles. The van der Waals surface area contributed by atoms with E-state index in [1.165, 1.54) is 0 Å². The second kappa shape index (κ2) is 6.95. The monoisotopic (exact) mass is 271 g/mol. The summed E-state index contributed by atoms with van der Waals surface area (Å²) in [5.74, 6) is -0.114. The summed E-state index contributed by atoms with van der Waals surface area (Å²) in [5, 5.41) is 15.4. The summed E-state index contributed by atoms with van der Waals surface area (Å²) in [7, 11) is 0. The molecular formula is C16H21N3O. The van der Waals surface area contributed by atoms with Gasteiger partial charge >= 0.3 is 0 Å². The van der Waals surface area contributed by atoms with E-state index in [1.807, 2.05) is 30.3 Å². The molecule has 2 N–H and O–H groups in total. The van der Waals surface area contributed by atoms with Crippen LogP contribution in [0.2, 0.25) is 0 Å². The average Bonchev–Trinajstić information content (AvgIpc) is 2.72. The minimum atomic E-state index is -0.661. The summed E-state index contributed by atoms with van der Waals surface area (Å²) in [6.07, 6.45) is 5.87. The fourth-order valence-electron chi connectivity index (χ4n) is 2.65. The van der Waals surface area contributed by atoms with E-state index >= 15 is 0 Å². The first-order valence-electron chi connectivity index (χ1n) is 7.25. The summed E-state index contributed by atoms with van der Waals surface area (Å²) in [4.78, 5) is 12.0. The molecule has 2 rings (SSSR count). The lowest BCUT2D eigenvalue weighted by molar-refractivity contribution is -0.120. The van der Waals surface area contributed by atoms with E-state index in [0.717, 1.165) is 44.2 Å². The number of para-hydroxylation sites is 1. The largest absolute Gasteiger partial charge is 0.376 e. The Morgan fingerprint density at radius 1 is 1.15 bits per heavy atom. The van der Waals surface area contributed by atoms with Crippen molar-refractivity contribution in [3.8, 4) is 6.07 Å². The zero-order valence-corrected chi connectivity index (χ0v) is 11.7. The predicted octanol–water partition coefficient (Wildman–Crippen LogP) is 2.83. The van der Waals surface area contributed by atoms with E-state index in [9.17, 15) is 10.1 Å². The quantitative estimate of drug-likeness (QED) is 0.828. The van der Waals surface area contributed by atoms with Crippen LogP contribution < -0.4 is 10.6 Å². The molecule has 0 unspecified atom stereocenters. The van der Waals surface area contributed by atoms with Gasteiger partial charge in [0, 0.05) is 5.69 Å². The lowest BCUT2D eigenvalue weighted by Crippen LogP contribution is -2.48. The van der Waals surface area contributed by atoms with Crippen molar-refractivity contribution in [3.05, 3.63) is 30.3 Å². The number of anilines is 1. The normalized spacial score (nSPS) is 17.6. The Morgan fingerprint density at radius 3 is 2.40 bits per heavy atom. The first-order chi connectivity index (χ1) is 9.74. The Labute approximate surface area is 120 Å². The summed E-state index contributed by atoms with van der Waals surface area (Å²) in [6.45, 7) is 0.202. The molecule has 0 bridgehead atoms. The number of hydrogen-bond donors (Lipinski definition) is 2. The number of carbonyl (C=O) groups excluding carboxylic acids is 1. The van der Waals surface area contributed by atoms with Crippen molar-refractivity contribution in [3.63, 3.8) is 0 Å². The molecule has 1 aromatic rings. The molecule has 0 heterocycles. The Balaban J connectivity index is 1.87. The van der Waals surface area contributed by atoms with Crippen molar-refractivity contribution in [2.45, 2.75) is 44.1 Å². The lowest BCUT2D eigenvalue weighted by atomic mass is 9.92. The number of nitrogens with one attached hydrogen (secondary N) is 2. The summed E-state index contributed by atoms with van der Waals surface area (Å²) < 4.78 is 0. The smallest absolute Gasteiger partial charge is 0.240 e. The van der Waals surface area contributed by atoms with Crippen molar-refractivity contribution >= 4 is 11.6 Å². The molecule has 0 aromatic heterocycles. The highest BCUT2D eigenvalue weighted by Gasteiger charge is 2.32. The number of nitrogens with zero attached hydrogens (tertiary/aromatic N) is 1. The Morgan fingerprint density at radius 2 is 1.80 bits per heavy atom. The fraction of sp³-hybridized carbons (Fsp3) is 0.500. The van der Waals surface area contributed by atoms with Gasteiger partial charge in [-0.05, 0) is 25.0 Å². The first-order valence-corrected chi connectivity index (χ1v) is 7.25. The van der Waals surface area contributed by atoms with Crippen LogP contribution in [0.5, 0.6) is 0 Å². The third-order valence-electron chi connectivity index (χ3n) is 3.78. The van der Waals surface area contributed by atoms with E-state index in [2.05, 4.69) is 16.7 Å². The van der Waals surface area contributed by atoms with Crippen LogP contribution in [0.15, 0.2) is 30.3 Å². The molecule has 1 saturated carbocycles. The maximum atomic E-state index is 12.0. The van der Waals surface area contributed by atoms with Crippen molar-refractivity contribution in [2.75, 3.05) is 11.9 Å². The van der Waals surface area contributed by atoms with Crippen LogP contribution in [0.4, 0.5) is 5.69 Å². The minimum absolute atomic E-state index is 0.114. The van der Waals surface area contributed by atoms with Gasteiger partial charge in [-0.1, -0.05) is 43.9 Å². The molecule has 4 nitrogen and oxygen atoms in total. The van der Waals surface area contributed by atoms with Gasteiger partial charge in [0.1, 0.15) is 5.54 Å². The van der Waals surface area contributed by atoms with Crippen LogP contribution in [-0.2, 0) is 4.79 Å². The highest BCUT2D eigenvalue weighted by atomic mass is 16.2. The number of hydrogen-bond acceptors (Lipinski definition) is 3. The van der Waals surface area contributed by atoms with Crippen molar-refractivity contribution < 1.29 is 4.79 Å². The summed E-state index contributed by atoms with van der Waals surface area (Å²) >= 11 is 0. The topological polar surface area (TPSA) is 64.9 Å². The first kappa shape index (κ1) is 14.4. The number of amides is 1. The van der Waals surface area contributed by atoms with Crippen molar-refractivity contribution in [1.82, 2.24) is 5.32 Å². The van der Waals surface area contributed by atoms with Gasteiger partial charge < -0.3 is 10.6 Å². The molecule has 4 heteroatoms. The highest BCUT2D eigenvalue weighted by molar-refractivity contribution is 5.81. The second-order valence-electron chi connectivity index (χ2n) is 5.38. The van der Waals surface area contributed by atoms with Crippen LogP contribution >= 0.6 is 0 Å². The van der Waals surface area contributed by atoms with E-state index in [0.29, 0.717) is 0 Å². The van der Waals surface area contributed by atoms with Gasteiger partial charge in [-0.3, -0.25) is 4.79 Å². The van der Waals surface area contributed by atoms with Gasteiger partial charge in [-0.2, -0.15) is 5.26 Å². The fourth-order valence-corrected chi connectivity index (χ4v) is 2.65. The molecule has 1 aliphatic rings. The Hall–Kier alpha value is -2.02. The summed E-state index contributed by atoms with van der Waals surface area (Å²) in [5.41, 5.74) is 0.251. The van der Waals surface area contributed by atoms with E-state index < -0.39 is 5.54 Å². The van der Waals surface area contributed by atoms with Crippen molar-refractivity contribution in [1.29, 1.82) is 5.26 Å². The molecule has 0 saturated heterocycles. The number of nitriles is 1. The van der Waals surface area contributed by atoms with Gasteiger partial charge in [-0.15, -0.1) is 0 Å². The molecule has 1 fully saturated rings. The minimum Gasteiger partial charge on any atom is -0.376 e. The maximum Gasteiger partial charge on any atom is 0.240 e. The zero-order chi connectivity index (χ0) is 14.3. The molecule has 1 amide bonds. The van der Waals surface area contributed by atoms with Crippen molar-refractivity contribution in [2.24, 2.45) is 0 Å². The van der Waals surface area contributed by atoms with Crippen LogP contribution in [0.25, 0.3) is 0 Å². The van der Waals surface area contributed by atoms with Gasteiger partial charge in [-0.25, -0.2) is 0 Å². The molecule has 0 aliphatic heterocycles. The second-order valence-corrected chi connectivity index (χ2v) is 5.38. The predicted molar refractivity (Wildman–Crippen MR) is 79.1 cm³/mol. The SMILES string of the molecule is N#CC1(NC(=O)CNc2ccccc2)CCCCCC1. The van der Waals surface area contributed by atoms with E-state index in [4.69, 9.17) is 0 Å². The van der Waals surface area contributed by atoms with Crippen LogP contribution in [0.3, 0.4) is 0 Å². The molecule has 20 heavy (non-hydrogen) atoms. The Kier molecular flexibility index (Phi) is 5.00. The molecule has 0 atom stereocenters. The number of carbonyl (C=O) groups is 1. The number of rotatable bonds is 4. The third kappa shape index (κ3) is 3.99. The molecular weight excluding hydrogens is 250 g/mol. The van der Waals surface area contributed by atoms with E-state index in [-0.39, 0.29) is 12.5 Å².